The molecule has 3 rings (SSSR count). The lowest BCUT2D eigenvalue weighted by Gasteiger charge is -2.16. The second-order valence-electron chi connectivity index (χ2n) is 7.59. The molecule has 2 aromatic carbocycles. The molecule has 0 radical (unpaired) electrons. The van der Waals surface area contributed by atoms with Crippen LogP contribution in [0.25, 0.3) is 0 Å². The van der Waals surface area contributed by atoms with Gasteiger partial charge in [-0.05, 0) is 72.2 Å². The Labute approximate surface area is 217 Å². The maximum absolute atomic E-state index is 13.1. The fourth-order valence-corrected chi connectivity index (χ4v) is 3.70. The lowest BCUT2D eigenvalue weighted by Crippen LogP contribution is -2.38. The highest BCUT2D eigenvalue weighted by Crippen LogP contribution is 2.35. The first-order valence-electron chi connectivity index (χ1n) is 10.8. The molecule has 0 spiro atoms. The zero-order valence-electron chi connectivity index (χ0n) is 18.9. The van der Waals surface area contributed by atoms with Gasteiger partial charge in [0.25, 0.3) is 5.91 Å². The SMILES string of the molecule is CCOc1cc(/C=N\NC(=O)C(=O)NC2CC2)cc(I)c1OCC(=O)Nc1ccccc1C(F)(F)F. The van der Waals surface area contributed by atoms with Crippen LogP contribution in [0.3, 0.4) is 0 Å². The van der Waals surface area contributed by atoms with Gasteiger partial charge in [0.1, 0.15) is 0 Å². The molecule has 2 aromatic rings. The number of carbonyl (C=O) groups excluding carboxylic acids is 3. The summed E-state index contributed by atoms with van der Waals surface area (Å²) in [6, 6.07) is 7.83. The van der Waals surface area contributed by atoms with E-state index in [4.69, 9.17) is 9.47 Å². The molecule has 1 aliphatic rings. The van der Waals surface area contributed by atoms with Crippen LogP contribution < -0.4 is 25.5 Å². The molecule has 1 saturated carbocycles. The summed E-state index contributed by atoms with van der Waals surface area (Å²) in [5.74, 6) is -1.98. The number of benzene rings is 2. The van der Waals surface area contributed by atoms with Crippen LogP contribution in [0.15, 0.2) is 41.5 Å². The van der Waals surface area contributed by atoms with Crippen molar-refractivity contribution in [2.75, 3.05) is 18.5 Å². The third-order valence-electron chi connectivity index (χ3n) is 4.68. The number of nitrogens with zero attached hydrogens (tertiary/aromatic N) is 1. The molecule has 13 heteroatoms. The number of hydrogen-bond donors (Lipinski definition) is 3. The van der Waals surface area contributed by atoms with E-state index in [2.05, 4.69) is 21.2 Å². The maximum Gasteiger partial charge on any atom is 0.418 e. The topological polar surface area (TPSA) is 118 Å². The van der Waals surface area contributed by atoms with Crippen LogP contribution >= 0.6 is 22.6 Å². The molecule has 0 aliphatic heterocycles. The summed E-state index contributed by atoms with van der Waals surface area (Å²) >= 11 is 1.93. The van der Waals surface area contributed by atoms with Gasteiger partial charge in [-0.25, -0.2) is 5.43 Å². The second-order valence-corrected chi connectivity index (χ2v) is 8.75. The van der Waals surface area contributed by atoms with E-state index in [0.717, 1.165) is 25.0 Å². The molecule has 0 bridgehead atoms. The molecule has 1 aliphatic carbocycles. The Morgan fingerprint density at radius 2 is 1.86 bits per heavy atom. The first-order chi connectivity index (χ1) is 17.1. The number of nitrogens with one attached hydrogen (secondary N) is 3. The zero-order chi connectivity index (χ0) is 26.3. The second kappa shape index (κ2) is 12.1. The van der Waals surface area contributed by atoms with E-state index in [1.807, 2.05) is 22.6 Å². The number of halogens is 4. The molecule has 0 heterocycles. The lowest BCUT2D eigenvalue weighted by atomic mass is 10.1. The molecule has 3 N–H and O–H groups in total. The van der Waals surface area contributed by atoms with Gasteiger partial charge >= 0.3 is 18.0 Å². The molecular weight excluding hydrogens is 596 g/mol. The molecule has 0 aromatic heterocycles. The van der Waals surface area contributed by atoms with Crippen LogP contribution in [0.5, 0.6) is 11.5 Å². The number of hydrazone groups is 1. The van der Waals surface area contributed by atoms with Crippen molar-refractivity contribution in [1.29, 1.82) is 0 Å². The number of para-hydroxylation sites is 1. The van der Waals surface area contributed by atoms with Crippen molar-refractivity contribution in [3.05, 3.63) is 51.1 Å². The highest BCUT2D eigenvalue weighted by atomic mass is 127. The molecule has 1 fully saturated rings. The Morgan fingerprint density at radius 1 is 1.14 bits per heavy atom. The van der Waals surface area contributed by atoms with Crippen molar-refractivity contribution in [2.24, 2.45) is 5.10 Å². The highest BCUT2D eigenvalue weighted by molar-refractivity contribution is 14.1. The Kier molecular flexibility index (Phi) is 9.12. The summed E-state index contributed by atoms with van der Waals surface area (Å²) in [6.45, 7) is 1.43. The van der Waals surface area contributed by atoms with Crippen molar-refractivity contribution >= 4 is 52.2 Å². The van der Waals surface area contributed by atoms with E-state index >= 15 is 0 Å². The highest BCUT2D eigenvalue weighted by Gasteiger charge is 2.33. The molecule has 36 heavy (non-hydrogen) atoms. The number of hydrogen-bond acceptors (Lipinski definition) is 6. The minimum Gasteiger partial charge on any atom is -0.490 e. The van der Waals surface area contributed by atoms with Gasteiger partial charge in [0.05, 0.1) is 27.6 Å². The van der Waals surface area contributed by atoms with Gasteiger partial charge in [-0.1, -0.05) is 12.1 Å². The minimum atomic E-state index is -4.62. The van der Waals surface area contributed by atoms with Gasteiger partial charge in [-0.2, -0.15) is 18.3 Å². The van der Waals surface area contributed by atoms with Crippen LogP contribution in [0.4, 0.5) is 18.9 Å². The summed E-state index contributed by atoms with van der Waals surface area (Å²) < 4.78 is 51.1. The fourth-order valence-electron chi connectivity index (χ4n) is 2.92. The predicted octanol–water partition coefficient (Wildman–Crippen LogP) is 3.45. The van der Waals surface area contributed by atoms with Gasteiger partial charge in [-0.15, -0.1) is 0 Å². The normalized spacial score (nSPS) is 13.2. The van der Waals surface area contributed by atoms with E-state index in [0.29, 0.717) is 9.13 Å². The average Bonchev–Trinajstić information content (AvgIpc) is 3.62. The maximum atomic E-state index is 13.1. The van der Waals surface area contributed by atoms with Gasteiger partial charge in [0.2, 0.25) is 0 Å². The minimum absolute atomic E-state index is 0.0385. The quantitative estimate of drug-likeness (QED) is 0.172. The van der Waals surface area contributed by atoms with Gasteiger partial charge < -0.3 is 20.1 Å². The smallest absolute Gasteiger partial charge is 0.418 e. The van der Waals surface area contributed by atoms with Crippen LogP contribution in [0, 0.1) is 3.57 Å². The number of anilines is 1. The number of rotatable bonds is 9. The molecule has 192 valence electrons. The van der Waals surface area contributed by atoms with Crippen LogP contribution in [-0.2, 0) is 20.6 Å². The Bertz CT molecular complexity index is 1170. The first kappa shape index (κ1) is 27.2. The monoisotopic (exact) mass is 618 g/mol. The number of amides is 3. The largest absolute Gasteiger partial charge is 0.490 e. The molecule has 0 saturated heterocycles. The van der Waals surface area contributed by atoms with Crippen LogP contribution in [-0.4, -0.2) is 43.2 Å². The predicted molar refractivity (Wildman–Crippen MR) is 133 cm³/mol. The van der Waals surface area contributed by atoms with Crippen molar-refractivity contribution in [2.45, 2.75) is 32.0 Å². The summed E-state index contributed by atoms with van der Waals surface area (Å²) in [5, 5.41) is 8.52. The third kappa shape index (κ3) is 7.83. The number of alkyl halides is 3. The van der Waals surface area contributed by atoms with E-state index in [-0.39, 0.29) is 29.8 Å². The zero-order valence-corrected chi connectivity index (χ0v) is 21.1. The van der Waals surface area contributed by atoms with Gasteiger partial charge in [0.15, 0.2) is 18.1 Å². The van der Waals surface area contributed by atoms with Crippen molar-refractivity contribution in [1.82, 2.24) is 10.7 Å². The third-order valence-corrected chi connectivity index (χ3v) is 5.49. The summed E-state index contributed by atoms with van der Waals surface area (Å²) in [6.07, 6.45) is -1.63. The van der Waals surface area contributed by atoms with Crippen molar-refractivity contribution in [3.8, 4) is 11.5 Å². The van der Waals surface area contributed by atoms with E-state index in [1.165, 1.54) is 24.4 Å². The molecule has 0 atom stereocenters. The summed E-state index contributed by atoms with van der Waals surface area (Å²) in [7, 11) is 0. The molecular formula is C23H22F3IN4O5. The van der Waals surface area contributed by atoms with Crippen LogP contribution in [0.1, 0.15) is 30.9 Å². The molecule has 3 amide bonds. The first-order valence-corrected chi connectivity index (χ1v) is 11.9. The Morgan fingerprint density at radius 3 is 2.53 bits per heavy atom. The Balaban J connectivity index is 1.65. The summed E-state index contributed by atoms with van der Waals surface area (Å²) in [4.78, 5) is 35.7. The summed E-state index contributed by atoms with van der Waals surface area (Å²) in [5.41, 5.74) is 1.29. The van der Waals surface area contributed by atoms with Crippen molar-refractivity contribution < 1.29 is 37.0 Å². The van der Waals surface area contributed by atoms with Crippen LogP contribution in [0.2, 0.25) is 0 Å². The van der Waals surface area contributed by atoms with Gasteiger partial charge in [0, 0.05) is 6.04 Å². The number of carbonyl (C=O) groups is 3. The Hall–Kier alpha value is -3.36. The van der Waals surface area contributed by atoms with Gasteiger partial charge in [-0.3, -0.25) is 14.4 Å². The van der Waals surface area contributed by atoms with E-state index < -0.39 is 36.1 Å². The lowest BCUT2D eigenvalue weighted by molar-refractivity contribution is -0.139. The standard InChI is InChI=1S/C23H22F3IN4O5/c1-2-35-18-10-13(11-28-31-22(34)21(33)29-14-7-8-14)9-16(27)20(18)36-12-19(32)30-17-6-4-3-5-15(17)23(24,25)26/h3-6,9-11,14H,2,7-8,12H2,1H3,(H,29,33)(H,30,32)(H,31,34)/b28-11-. The molecule has 9 nitrogen and oxygen atoms in total. The molecule has 0 unspecified atom stereocenters. The van der Waals surface area contributed by atoms with Crippen molar-refractivity contribution in [3.63, 3.8) is 0 Å². The van der Waals surface area contributed by atoms with E-state index in [9.17, 15) is 27.6 Å². The van der Waals surface area contributed by atoms with E-state index in [1.54, 1.807) is 13.0 Å². The fraction of sp³-hybridized carbons (Fsp3) is 0.304. The average molecular weight is 618 g/mol. The number of ether oxygens (including phenoxy) is 2.